The highest BCUT2D eigenvalue weighted by Gasteiger charge is 2.29. The molecule has 2 aromatic carbocycles. The lowest BCUT2D eigenvalue weighted by Crippen LogP contribution is -2.34. The molecule has 0 spiro atoms. The Kier molecular flexibility index (Phi) is 4.09. The van der Waals surface area contributed by atoms with Gasteiger partial charge >= 0.3 is 6.09 Å². The maximum absolute atomic E-state index is 12.1. The fraction of sp³-hybridized carbons (Fsp3) is 0.217. The molecule has 31 heavy (non-hydrogen) atoms. The van der Waals surface area contributed by atoms with E-state index >= 15 is 0 Å². The van der Waals surface area contributed by atoms with Gasteiger partial charge in [-0.3, -0.25) is 4.90 Å². The number of fused-ring (bicyclic) bond motifs is 2. The molecule has 0 radical (unpaired) electrons. The van der Waals surface area contributed by atoms with E-state index in [0.29, 0.717) is 18.9 Å². The lowest BCUT2D eigenvalue weighted by molar-refractivity contribution is 0.181. The van der Waals surface area contributed by atoms with Crippen molar-refractivity contribution in [2.24, 2.45) is 0 Å². The van der Waals surface area contributed by atoms with Crippen molar-refractivity contribution < 1.29 is 9.53 Å². The maximum Gasteiger partial charge on any atom is 0.414 e. The minimum Gasteiger partial charge on any atom is -0.447 e. The highest BCUT2D eigenvalue weighted by molar-refractivity contribution is 5.90. The Bertz CT molecular complexity index is 1290. The topological polar surface area (TPSA) is 75.9 Å². The summed E-state index contributed by atoms with van der Waals surface area (Å²) in [5, 5.41) is 4.41. The molecular weight excluding hydrogens is 392 g/mol. The normalized spacial score (nSPS) is 15.9. The standard InChI is InChI=1S/C23H20N6O2/c30-23-28(11-12-31-23)20-8-4-7-17-14-27(10-9-18(17)20)21-13-19(16-5-2-1-3-6-16)26-22-24-15-25-29(21)22/h1-8,13,15H,9-12,14H2. The van der Waals surface area contributed by atoms with Crippen LogP contribution in [0.25, 0.3) is 17.0 Å². The van der Waals surface area contributed by atoms with Gasteiger partial charge in [0, 0.05) is 24.7 Å². The predicted molar refractivity (Wildman–Crippen MR) is 116 cm³/mol. The van der Waals surface area contributed by atoms with E-state index in [-0.39, 0.29) is 6.09 Å². The van der Waals surface area contributed by atoms with Crippen molar-refractivity contribution in [2.75, 3.05) is 29.5 Å². The van der Waals surface area contributed by atoms with Crippen molar-refractivity contribution in [1.29, 1.82) is 0 Å². The van der Waals surface area contributed by atoms with E-state index in [1.54, 1.807) is 9.42 Å². The van der Waals surface area contributed by atoms with Crippen LogP contribution in [0.15, 0.2) is 60.9 Å². The highest BCUT2D eigenvalue weighted by atomic mass is 16.6. The van der Waals surface area contributed by atoms with Crippen LogP contribution in [0.2, 0.25) is 0 Å². The van der Waals surface area contributed by atoms with E-state index in [4.69, 9.17) is 4.74 Å². The number of amides is 1. The maximum atomic E-state index is 12.1. The summed E-state index contributed by atoms with van der Waals surface area (Å²) in [6, 6.07) is 18.3. The SMILES string of the molecule is O=C1OCCN1c1cccc2c1CCN(c1cc(-c3ccccc3)nc3ncnn13)C2. The number of rotatable bonds is 3. The molecule has 2 aliphatic heterocycles. The number of aromatic nitrogens is 4. The van der Waals surface area contributed by atoms with Crippen LogP contribution >= 0.6 is 0 Å². The van der Waals surface area contributed by atoms with Gasteiger partial charge in [-0.2, -0.15) is 14.6 Å². The van der Waals surface area contributed by atoms with Crippen molar-refractivity contribution in [2.45, 2.75) is 13.0 Å². The van der Waals surface area contributed by atoms with Gasteiger partial charge in [-0.25, -0.2) is 9.78 Å². The zero-order chi connectivity index (χ0) is 20.8. The van der Waals surface area contributed by atoms with E-state index in [1.165, 1.54) is 17.5 Å². The van der Waals surface area contributed by atoms with E-state index in [1.807, 2.05) is 42.5 Å². The summed E-state index contributed by atoms with van der Waals surface area (Å²) < 4.78 is 6.94. The number of nitrogens with zero attached hydrogens (tertiary/aromatic N) is 6. The molecule has 6 rings (SSSR count). The third kappa shape index (κ3) is 2.99. The lowest BCUT2D eigenvalue weighted by atomic mass is 9.97. The largest absolute Gasteiger partial charge is 0.447 e. The van der Waals surface area contributed by atoms with Gasteiger partial charge < -0.3 is 9.64 Å². The number of hydrogen-bond acceptors (Lipinski definition) is 6. The second kappa shape index (κ2) is 7.09. The van der Waals surface area contributed by atoms with Gasteiger partial charge in [0.1, 0.15) is 18.8 Å². The van der Waals surface area contributed by atoms with Gasteiger partial charge in [-0.1, -0.05) is 42.5 Å². The molecule has 4 heterocycles. The summed E-state index contributed by atoms with van der Waals surface area (Å²) >= 11 is 0. The molecule has 0 N–H and O–H groups in total. The number of anilines is 2. The average molecular weight is 412 g/mol. The van der Waals surface area contributed by atoms with Gasteiger partial charge in [0.25, 0.3) is 5.78 Å². The third-order valence-corrected chi connectivity index (χ3v) is 5.92. The second-order valence-corrected chi connectivity index (χ2v) is 7.69. The molecule has 4 aromatic rings. The van der Waals surface area contributed by atoms with Crippen LogP contribution in [0.1, 0.15) is 11.1 Å². The molecule has 0 atom stereocenters. The zero-order valence-electron chi connectivity index (χ0n) is 16.8. The molecule has 154 valence electrons. The van der Waals surface area contributed by atoms with Crippen molar-refractivity contribution in [3.05, 3.63) is 72.1 Å². The molecule has 8 nitrogen and oxygen atoms in total. The molecule has 1 amide bonds. The minimum atomic E-state index is -0.262. The third-order valence-electron chi connectivity index (χ3n) is 5.92. The fourth-order valence-corrected chi connectivity index (χ4v) is 4.43. The van der Waals surface area contributed by atoms with Crippen LogP contribution in [-0.4, -0.2) is 45.4 Å². The van der Waals surface area contributed by atoms with Crippen LogP contribution in [-0.2, 0) is 17.7 Å². The van der Waals surface area contributed by atoms with Crippen LogP contribution in [0.3, 0.4) is 0 Å². The second-order valence-electron chi connectivity index (χ2n) is 7.69. The first-order chi connectivity index (χ1) is 15.3. The molecule has 1 saturated heterocycles. The molecule has 2 aromatic heterocycles. The number of hydrogen-bond donors (Lipinski definition) is 0. The van der Waals surface area contributed by atoms with Gasteiger partial charge in [-0.05, 0) is 23.6 Å². The van der Waals surface area contributed by atoms with Crippen LogP contribution < -0.4 is 9.80 Å². The average Bonchev–Trinajstić information content (AvgIpc) is 3.47. The Hall–Kier alpha value is -3.94. The highest BCUT2D eigenvalue weighted by Crippen LogP contribution is 2.33. The minimum absolute atomic E-state index is 0.262. The van der Waals surface area contributed by atoms with Crippen LogP contribution in [0, 0.1) is 0 Å². The van der Waals surface area contributed by atoms with Crippen molar-refractivity contribution in [3.8, 4) is 11.3 Å². The first kappa shape index (κ1) is 17.9. The van der Waals surface area contributed by atoms with E-state index < -0.39 is 0 Å². The van der Waals surface area contributed by atoms with Crippen molar-refractivity contribution in [1.82, 2.24) is 19.6 Å². The quantitative estimate of drug-likeness (QED) is 0.514. The summed E-state index contributed by atoms with van der Waals surface area (Å²) in [4.78, 5) is 25.2. The monoisotopic (exact) mass is 412 g/mol. The molecular formula is C23H20N6O2. The predicted octanol–water partition coefficient (Wildman–Crippen LogP) is 3.31. The van der Waals surface area contributed by atoms with E-state index in [2.05, 4.69) is 32.1 Å². The van der Waals surface area contributed by atoms with E-state index in [0.717, 1.165) is 42.3 Å². The summed E-state index contributed by atoms with van der Waals surface area (Å²) in [5.74, 6) is 1.54. The van der Waals surface area contributed by atoms with Crippen LogP contribution in [0.5, 0.6) is 0 Å². The first-order valence-corrected chi connectivity index (χ1v) is 10.3. The van der Waals surface area contributed by atoms with Crippen LogP contribution in [0.4, 0.5) is 16.3 Å². The first-order valence-electron chi connectivity index (χ1n) is 10.3. The molecule has 2 aliphatic rings. The summed E-state index contributed by atoms with van der Waals surface area (Å²) in [6.45, 7) is 2.57. The molecule has 0 bridgehead atoms. The summed E-state index contributed by atoms with van der Waals surface area (Å²) in [6.07, 6.45) is 2.10. The molecule has 0 aliphatic carbocycles. The summed E-state index contributed by atoms with van der Waals surface area (Å²) in [5.41, 5.74) is 5.29. The fourth-order valence-electron chi connectivity index (χ4n) is 4.43. The lowest BCUT2D eigenvalue weighted by Gasteiger charge is -2.32. The van der Waals surface area contributed by atoms with Crippen molar-refractivity contribution >= 4 is 23.4 Å². The molecule has 1 fully saturated rings. The number of cyclic esters (lactones) is 1. The Morgan fingerprint density at radius 1 is 1.00 bits per heavy atom. The van der Waals surface area contributed by atoms with Gasteiger partial charge in [0.2, 0.25) is 0 Å². The number of benzene rings is 2. The molecule has 0 unspecified atom stereocenters. The van der Waals surface area contributed by atoms with Gasteiger partial charge in [0.15, 0.2) is 0 Å². The molecule has 8 heteroatoms. The smallest absolute Gasteiger partial charge is 0.414 e. The molecule has 0 saturated carbocycles. The van der Waals surface area contributed by atoms with E-state index in [9.17, 15) is 4.79 Å². The van der Waals surface area contributed by atoms with Crippen molar-refractivity contribution in [3.63, 3.8) is 0 Å². The zero-order valence-corrected chi connectivity index (χ0v) is 16.8. The van der Waals surface area contributed by atoms with Gasteiger partial charge in [-0.15, -0.1) is 0 Å². The van der Waals surface area contributed by atoms with Gasteiger partial charge in [0.05, 0.1) is 17.9 Å². The Morgan fingerprint density at radius 3 is 2.74 bits per heavy atom. The summed E-state index contributed by atoms with van der Waals surface area (Å²) in [7, 11) is 0. The number of ether oxygens (including phenoxy) is 1. The number of carbonyl (C=O) groups excluding carboxylic acids is 1. The Morgan fingerprint density at radius 2 is 1.90 bits per heavy atom. The number of carbonyl (C=O) groups is 1. The Labute approximate surface area is 178 Å². The Balaban J connectivity index is 1.40.